The summed E-state index contributed by atoms with van der Waals surface area (Å²) in [5.41, 5.74) is 0.623. The molecule has 0 aliphatic heterocycles. The van der Waals surface area contributed by atoms with Crippen molar-refractivity contribution in [1.82, 2.24) is 9.55 Å². The fourth-order valence-electron chi connectivity index (χ4n) is 1.96. The third-order valence-corrected chi connectivity index (χ3v) is 4.24. The lowest BCUT2D eigenvalue weighted by Gasteiger charge is -2.12. The van der Waals surface area contributed by atoms with E-state index in [-0.39, 0.29) is 5.56 Å². The van der Waals surface area contributed by atoms with Crippen LogP contribution in [-0.2, 0) is 4.79 Å². The Hall–Kier alpha value is -1.69. The molecule has 96 valence electrons. The molecular formula is C12H14N2O3S. The summed E-state index contributed by atoms with van der Waals surface area (Å²) in [4.78, 5) is 29.4. The summed E-state index contributed by atoms with van der Waals surface area (Å²) in [6.07, 6.45) is 1.69. The van der Waals surface area contributed by atoms with Crippen LogP contribution < -0.4 is 5.56 Å². The monoisotopic (exact) mass is 266 g/mol. The summed E-state index contributed by atoms with van der Waals surface area (Å²) < 4.78 is 1.21. The van der Waals surface area contributed by atoms with Gasteiger partial charge in [0.15, 0.2) is 0 Å². The number of rotatable bonds is 3. The molecule has 0 aromatic carbocycles. The molecule has 2 aromatic rings. The minimum atomic E-state index is -1.01. The van der Waals surface area contributed by atoms with Gasteiger partial charge in [0.25, 0.3) is 5.56 Å². The van der Waals surface area contributed by atoms with E-state index < -0.39 is 12.0 Å². The van der Waals surface area contributed by atoms with Gasteiger partial charge in [-0.1, -0.05) is 6.92 Å². The van der Waals surface area contributed by atoms with Gasteiger partial charge in [0, 0.05) is 4.88 Å². The molecule has 5 nitrogen and oxygen atoms in total. The van der Waals surface area contributed by atoms with Gasteiger partial charge in [-0.05, 0) is 25.8 Å². The van der Waals surface area contributed by atoms with Gasteiger partial charge in [-0.3, -0.25) is 9.36 Å². The van der Waals surface area contributed by atoms with Crippen LogP contribution in [0.5, 0.6) is 0 Å². The van der Waals surface area contributed by atoms with Crippen molar-refractivity contribution in [2.45, 2.75) is 33.2 Å². The molecule has 0 spiro atoms. The molecule has 6 heteroatoms. The second-order valence-corrected chi connectivity index (χ2v) is 5.39. The zero-order chi connectivity index (χ0) is 13.4. The standard InChI is InChI=1S/C12H14N2O3S/c1-4-8(12(16)17)14-5-13-10-9(11(14)15)6(2)7(3)18-10/h5,8H,4H2,1-3H3,(H,16,17)/t8-/m1/s1. The Morgan fingerprint density at radius 1 is 1.56 bits per heavy atom. The average molecular weight is 266 g/mol. The first-order valence-electron chi connectivity index (χ1n) is 5.67. The highest BCUT2D eigenvalue weighted by atomic mass is 32.1. The van der Waals surface area contributed by atoms with Crippen LogP contribution >= 0.6 is 11.3 Å². The van der Waals surface area contributed by atoms with Gasteiger partial charge in [-0.25, -0.2) is 9.78 Å². The quantitative estimate of drug-likeness (QED) is 0.923. The Morgan fingerprint density at radius 3 is 2.78 bits per heavy atom. The number of carboxylic acid groups (broad SMARTS) is 1. The Balaban J connectivity index is 2.75. The van der Waals surface area contributed by atoms with Crippen LogP contribution in [0.3, 0.4) is 0 Å². The third-order valence-electron chi connectivity index (χ3n) is 3.12. The normalized spacial score (nSPS) is 12.8. The van der Waals surface area contributed by atoms with Gasteiger partial charge in [0.05, 0.1) is 11.7 Å². The van der Waals surface area contributed by atoms with Crippen molar-refractivity contribution < 1.29 is 9.90 Å². The maximum Gasteiger partial charge on any atom is 0.326 e. The zero-order valence-electron chi connectivity index (χ0n) is 10.4. The van der Waals surface area contributed by atoms with E-state index in [2.05, 4.69) is 4.98 Å². The summed E-state index contributed by atoms with van der Waals surface area (Å²) in [5.74, 6) is -1.01. The molecule has 0 bridgehead atoms. The second kappa shape index (κ2) is 4.53. The van der Waals surface area contributed by atoms with Gasteiger partial charge in [-0.15, -0.1) is 11.3 Å². The number of aliphatic carboxylic acids is 1. The van der Waals surface area contributed by atoms with Gasteiger partial charge in [0.1, 0.15) is 10.9 Å². The van der Waals surface area contributed by atoms with E-state index in [9.17, 15) is 9.59 Å². The van der Waals surface area contributed by atoms with Crippen molar-refractivity contribution in [2.75, 3.05) is 0 Å². The zero-order valence-corrected chi connectivity index (χ0v) is 11.2. The predicted octanol–water partition coefficient (Wildman–Crippen LogP) is 2.11. The third kappa shape index (κ3) is 1.82. The lowest BCUT2D eigenvalue weighted by molar-refractivity contribution is -0.141. The fourth-order valence-corrected chi connectivity index (χ4v) is 2.95. The topological polar surface area (TPSA) is 72.2 Å². The maximum absolute atomic E-state index is 12.3. The Bertz CT molecular complexity index is 672. The number of hydrogen-bond donors (Lipinski definition) is 1. The van der Waals surface area contributed by atoms with Crippen LogP contribution in [-0.4, -0.2) is 20.6 Å². The molecule has 0 fully saturated rings. The molecule has 1 N–H and O–H groups in total. The number of aryl methyl sites for hydroxylation is 2. The maximum atomic E-state index is 12.3. The second-order valence-electron chi connectivity index (χ2n) is 4.18. The highest BCUT2D eigenvalue weighted by Crippen LogP contribution is 2.26. The van der Waals surface area contributed by atoms with Gasteiger partial charge in [-0.2, -0.15) is 0 Å². The number of aromatic nitrogens is 2. The Labute approximate surface area is 108 Å². The van der Waals surface area contributed by atoms with Crippen molar-refractivity contribution in [2.24, 2.45) is 0 Å². The molecule has 0 radical (unpaired) electrons. The van der Waals surface area contributed by atoms with Crippen LogP contribution in [0.2, 0.25) is 0 Å². The molecular weight excluding hydrogens is 252 g/mol. The molecule has 0 aliphatic rings. The first kappa shape index (κ1) is 12.8. The molecule has 0 aliphatic carbocycles. The van der Waals surface area contributed by atoms with E-state index in [1.165, 1.54) is 22.2 Å². The fraction of sp³-hybridized carbons (Fsp3) is 0.417. The van der Waals surface area contributed by atoms with Gasteiger partial charge >= 0.3 is 5.97 Å². The van der Waals surface area contributed by atoms with Crippen molar-refractivity contribution in [3.05, 3.63) is 27.1 Å². The van der Waals surface area contributed by atoms with E-state index in [0.29, 0.717) is 16.6 Å². The molecule has 18 heavy (non-hydrogen) atoms. The lowest BCUT2D eigenvalue weighted by atomic mass is 10.2. The van der Waals surface area contributed by atoms with Crippen molar-refractivity contribution in [3.8, 4) is 0 Å². The van der Waals surface area contributed by atoms with Crippen molar-refractivity contribution in [1.29, 1.82) is 0 Å². The van der Waals surface area contributed by atoms with Crippen LogP contribution in [0.25, 0.3) is 10.2 Å². The Kier molecular flexibility index (Phi) is 3.21. The smallest absolute Gasteiger partial charge is 0.326 e. The number of fused-ring (bicyclic) bond motifs is 1. The number of hydrogen-bond acceptors (Lipinski definition) is 4. The minimum Gasteiger partial charge on any atom is -0.480 e. The lowest BCUT2D eigenvalue weighted by Crippen LogP contribution is -2.29. The molecule has 0 unspecified atom stereocenters. The van der Waals surface area contributed by atoms with E-state index in [1.54, 1.807) is 6.92 Å². The van der Waals surface area contributed by atoms with Crippen LogP contribution in [0.15, 0.2) is 11.1 Å². The molecule has 0 saturated carbocycles. The van der Waals surface area contributed by atoms with E-state index in [0.717, 1.165) is 10.4 Å². The highest BCUT2D eigenvalue weighted by Gasteiger charge is 2.21. The van der Waals surface area contributed by atoms with Crippen molar-refractivity contribution >= 4 is 27.5 Å². The Morgan fingerprint density at radius 2 is 2.22 bits per heavy atom. The molecule has 2 rings (SSSR count). The van der Waals surface area contributed by atoms with Gasteiger partial charge < -0.3 is 5.11 Å². The average Bonchev–Trinajstić information content (AvgIpc) is 2.59. The van der Waals surface area contributed by atoms with Crippen LogP contribution in [0.4, 0.5) is 0 Å². The summed E-state index contributed by atoms with van der Waals surface area (Å²) in [7, 11) is 0. The number of thiophene rings is 1. The molecule has 2 heterocycles. The summed E-state index contributed by atoms with van der Waals surface area (Å²) in [6, 6.07) is -0.853. The number of carboxylic acids is 1. The number of carbonyl (C=O) groups is 1. The minimum absolute atomic E-state index is 0.267. The first-order valence-corrected chi connectivity index (χ1v) is 6.48. The SMILES string of the molecule is CC[C@H](C(=O)O)n1cnc2sc(C)c(C)c2c1=O. The van der Waals surface area contributed by atoms with Crippen LogP contribution in [0, 0.1) is 13.8 Å². The highest BCUT2D eigenvalue weighted by molar-refractivity contribution is 7.18. The first-order chi connectivity index (χ1) is 8.47. The molecule has 1 atom stereocenters. The van der Waals surface area contributed by atoms with Crippen LogP contribution in [0.1, 0.15) is 29.8 Å². The largest absolute Gasteiger partial charge is 0.480 e. The van der Waals surface area contributed by atoms with E-state index in [4.69, 9.17) is 5.11 Å². The van der Waals surface area contributed by atoms with E-state index in [1.807, 2.05) is 13.8 Å². The summed E-state index contributed by atoms with van der Waals surface area (Å²) in [6.45, 7) is 5.53. The number of nitrogens with zero attached hydrogens (tertiary/aromatic N) is 2. The van der Waals surface area contributed by atoms with E-state index >= 15 is 0 Å². The summed E-state index contributed by atoms with van der Waals surface area (Å²) >= 11 is 1.46. The molecule has 0 saturated heterocycles. The van der Waals surface area contributed by atoms with Gasteiger partial charge in [0.2, 0.25) is 0 Å². The molecule has 2 aromatic heterocycles. The summed E-state index contributed by atoms with van der Waals surface area (Å²) in [5, 5.41) is 9.65. The van der Waals surface area contributed by atoms with Crippen molar-refractivity contribution in [3.63, 3.8) is 0 Å². The molecule has 0 amide bonds. The predicted molar refractivity (Wildman–Crippen MR) is 70.3 cm³/mol.